The first-order valence-electron chi connectivity index (χ1n) is 6.34. The molecule has 1 atom stereocenters. The highest BCUT2D eigenvalue weighted by atomic mass is 35.5. The number of para-hydroxylation sites is 1. The topological polar surface area (TPSA) is 30.2 Å². The maximum Gasteiger partial charge on any atom is 0.308 e. The first kappa shape index (κ1) is 15.0. The van der Waals surface area contributed by atoms with Gasteiger partial charge in [0.05, 0.1) is 13.0 Å². The van der Waals surface area contributed by atoms with E-state index in [1.54, 1.807) is 11.3 Å². The summed E-state index contributed by atoms with van der Waals surface area (Å²) in [6.07, 6.45) is 2.41. The molecule has 1 heterocycles. The van der Waals surface area contributed by atoms with Gasteiger partial charge < -0.3 is 4.74 Å². The number of rotatable bonds is 4. The molecule has 0 saturated heterocycles. The van der Waals surface area contributed by atoms with Gasteiger partial charge in [-0.15, -0.1) is 0 Å². The van der Waals surface area contributed by atoms with Crippen LogP contribution in [0.1, 0.15) is 18.4 Å². The van der Waals surface area contributed by atoms with E-state index in [0.717, 1.165) is 5.01 Å². The Hall–Kier alpha value is -1.39. The fraction of sp³-hybridized carbons (Fsp3) is 0.333. The van der Waals surface area contributed by atoms with Gasteiger partial charge in [0.25, 0.3) is 5.01 Å². The van der Waals surface area contributed by atoms with Crippen LogP contribution >= 0.6 is 22.9 Å². The molecule has 0 amide bonds. The lowest BCUT2D eigenvalue weighted by atomic mass is 10.1. The monoisotopic (exact) mass is 310 g/mol. The molecule has 3 nitrogen and oxygen atoms in total. The molecule has 0 spiro atoms. The number of fused-ring (bicyclic) bond motifs is 1. The van der Waals surface area contributed by atoms with Gasteiger partial charge in [-0.3, -0.25) is 4.79 Å². The van der Waals surface area contributed by atoms with Crippen molar-refractivity contribution in [2.24, 2.45) is 13.0 Å². The number of thiazole rings is 1. The van der Waals surface area contributed by atoms with Crippen LogP contribution in [0.5, 0.6) is 0 Å². The second-order valence-electron chi connectivity index (χ2n) is 4.69. The summed E-state index contributed by atoms with van der Waals surface area (Å²) in [5, 5.41) is 1.72. The van der Waals surface area contributed by atoms with Crippen LogP contribution in [0.2, 0.25) is 0 Å². The molecule has 0 radical (unpaired) electrons. The van der Waals surface area contributed by atoms with Crippen molar-refractivity contribution in [1.82, 2.24) is 0 Å². The normalized spacial score (nSPS) is 13.5. The molecule has 0 bridgehead atoms. The van der Waals surface area contributed by atoms with Crippen molar-refractivity contribution in [3.05, 3.63) is 34.3 Å². The number of aryl methyl sites for hydroxylation is 1. The number of esters is 1. The van der Waals surface area contributed by atoms with Crippen molar-refractivity contribution in [3.8, 4) is 0 Å². The third kappa shape index (κ3) is 3.19. The highest BCUT2D eigenvalue weighted by Gasteiger charge is 2.18. The lowest BCUT2D eigenvalue weighted by Gasteiger charge is -2.06. The second kappa shape index (κ2) is 6.37. The van der Waals surface area contributed by atoms with Crippen molar-refractivity contribution in [2.45, 2.75) is 13.3 Å². The Morgan fingerprint density at radius 3 is 2.85 bits per heavy atom. The Labute approximate surface area is 127 Å². The average Bonchev–Trinajstić information content (AvgIpc) is 2.74. The van der Waals surface area contributed by atoms with E-state index in [9.17, 15) is 4.79 Å². The van der Waals surface area contributed by atoms with Crippen LogP contribution in [0, 0.1) is 5.92 Å². The lowest BCUT2D eigenvalue weighted by Crippen LogP contribution is -2.28. The summed E-state index contributed by atoms with van der Waals surface area (Å²) in [6, 6.07) is 8.20. The van der Waals surface area contributed by atoms with Crippen molar-refractivity contribution >= 4 is 45.2 Å². The number of halogens is 1. The van der Waals surface area contributed by atoms with Gasteiger partial charge in [-0.2, -0.15) is 4.57 Å². The first-order chi connectivity index (χ1) is 9.52. The quantitative estimate of drug-likeness (QED) is 0.639. The molecule has 2 rings (SSSR count). The summed E-state index contributed by atoms with van der Waals surface area (Å²) >= 11 is 7.94. The summed E-state index contributed by atoms with van der Waals surface area (Å²) in [7, 11) is 3.40. The molecule has 1 aromatic carbocycles. The molecule has 1 unspecified atom stereocenters. The van der Waals surface area contributed by atoms with E-state index in [-0.39, 0.29) is 11.9 Å². The number of methoxy groups -OCH3 is 1. The number of hydrogen-bond donors (Lipinski definition) is 0. The summed E-state index contributed by atoms with van der Waals surface area (Å²) in [5.74, 6) is -0.472. The van der Waals surface area contributed by atoms with Crippen molar-refractivity contribution in [1.29, 1.82) is 0 Å². The Morgan fingerprint density at radius 2 is 2.20 bits per heavy atom. The Morgan fingerprint density at radius 1 is 1.50 bits per heavy atom. The van der Waals surface area contributed by atoms with Crippen LogP contribution in [0.25, 0.3) is 16.3 Å². The van der Waals surface area contributed by atoms with Crippen LogP contribution in [-0.2, 0) is 16.6 Å². The predicted molar refractivity (Wildman–Crippen MR) is 82.6 cm³/mol. The number of aromatic nitrogens is 1. The zero-order valence-corrected chi connectivity index (χ0v) is 13.3. The molecular formula is C15H17ClNO2S+. The van der Waals surface area contributed by atoms with Gasteiger partial charge in [0.15, 0.2) is 0 Å². The van der Waals surface area contributed by atoms with Gasteiger partial charge in [-0.1, -0.05) is 42.0 Å². The van der Waals surface area contributed by atoms with Crippen LogP contribution < -0.4 is 4.57 Å². The van der Waals surface area contributed by atoms with E-state index in [1.807, 2.05) is 32.2 Å². The summed E-state index contributed by atoms with van der Waals surface area (Å²) < 4.78 is 8.02. The number of ether oxygens (including phenoxy) is 1. The molecule has 0 aliphatic heterocycles. The second-order valence-corrected chi connectivity index (χ2v) is 6.23. The predicted octanol–water partition coefficient (Wildman–Crippen LogP) is 3.50. The maximum atomic E-state index is 11.4. The van der Waals surface area contributed by atoms with E-state index >= 15 is 0 Å². The Bertz CT molecular complexity index is 663. The molecule has 0 N–H and O–H groups in total. The molecule has 2 aromatic rings. The van der Waals surface area contributed by atoms with Crippen LogP contribution in [0.3, 0.4) is 0 Å². The number of hydrogen-bond acceptors (Lipinski definition) is 3. The minimum Gasteiger partial charge on any atom is -0.469 e. The van der Waals surface area contributed by atoms with Gasteiger partial charge in [0.1, 0.15) is 11.7 Å². The SMILES string of the molecule is COC(=O)C(C)CC(Cl)=Cc1sc2ccccc2[n+]1C. The summed E-state index contributed by atoms with van der Waals surface area (Å²) in [4.78, 5) is 11.4. The zero-order valence-electron chi connectivity index (χ0n) is 11.7. The van der Waals surface area contributed by atoms with Gasteiger partial charge >= 0.3 is 5.97 Å². The molecule has 0 saturated carbocycles. The molecule has 20 heavy (non-hydrogen) atoms. The first-order valence-corrected chi connectivity index (χ1v) is 7.54. The van der Waals surface area contributed by atoms with Crippen molar-refractivity contribution in [3.63, 3.8) is 0 Å². The summed E-state index contributed by atoms with van der Waals surface area (Å²) in [5.41, 5.74) is 1.18. The third-order valence-electron chi connectivity index (χ3n) is 3.16. The van der Waals surface area contributed by atoms with Gasteiger partial charge in [0.2, 0.25) is 5.52 Å². The van der Waals surface area contributed by atoms with Crippen molar-refractivity contribution in [2.75, 3.05) is 7.11 Å². The molecule has 1 aromatic heterocycles. The van der Waals surface area contributed by atoms with Gasteiger partial charge in [-0.25, -0.2) is 0 Å². The number of carbonyl (C=O) groups is 1. The smallest absolute Gasteiger partial charge is 0.308 e. The third-order valence-corrected chi connectivity index (χ3v) is 4.59. The van der Waals surface area contributed by atoms with Gasteiger partial charge in [-0.05, 0) is 12.5 Å². The fourth-order valence-electron chi connectivity index (χ4n) is 2.02. The van der Waals surface area contributed by atoms with E-state index in [1.165, 1.54) is 17.3 Å². The van der Waals surface area contributed by atoms with E-state index in [0.29, 0.717) is 11.5 Å². The standard InChI is InChI=1S/C15H17ClNO2S/c1-10(15(18)19-3)8-11(16)9-14-17(2)12-6-4-5-7-13(12)20-14/h4-7,9-10H,8H2,1-3H3/q+1. The minimum absolute atomic E-state index is 0.233. The largest absolute Gasteiger partial charge is 0.469 e. The molecule has 0 fully saturated rings. The molecule has 106 valence electrons. The zero-order chi connectivity index (χ0) is 14.7. The average molecular weight is 311 g/mol. The molecule has 5 heteroatoms. The number of nitrogens with zero attached hydrogens (tertiary/aromatic N) is 1. The van der Waals surface area contributed by atoms with E-state index < -0.39 is 0 Å². The molecule has 0 aliphatic carbocycles. The highest BCUT2D eigenvalue weighted by molar-refractivity contribution is 7.18. The molecule has 0 aliphatic rings. The van der Waals surface area contributed by atoms with Crippen LogP contribution in [0.15, 0.2) is 29.3 Å². The number of allylic oxidation sites excluding steroid dienone is 1. The van der Waals surface area contributed by atoms with E-state index in [2.05, 4.69) is 16.7 Å². The number of benzene rings is 1. The lowest BCUT2D eigenvalue weighted by molar-refractivity contribution is -0.642. The Balaban J connectivity index is 2.24. The number of carbonyl (C=O) groups excluding carboxylic acids is 1. The minimum atomic E-state index is -0.239. The van der Waals surface area contributed by atoms with Crippen molar-refractivity contribution < 1.29 is 14.1 Å². The molecular weight excluding hydrogens is 294 g/mol. The van der Waals surface area contributed by atoms with Crippen LogP contribution in [0.4, 0.5) is 0 Å². The summed E-state index contributed by atoms with van der Waals surface area (Å²) in [6.45, 7) is 1.81. The maximum absolute atomic E-state index is 11.4. The van der Waals surface area contributed by atoms with E-state index in [4.69, 9.17) is 16.3 Å². The van der Waals surface area contributed by atoms with Gasteiger partial charge in [0, 0.05) is 17.2 Å². The highest BCUT2D eigenvalue weighted by Crippen LogP contribution is 2.24. The Kier molecular flexibility index (Phi) is 4.78. The van der Waals surface area contributed by atoms with Crippen LogP contribution in [-0.4, -0.2) is 13.1 Å². The fourth-order valence-corrected chi connectivity index (χ4v) is 3.53.